The van der Waals surface area contributed by atoms with Gasteiger partial charge in [0.05, 0.1) is 30.2 Å². The summed E-state index contributed by atoms with van der Waals surface area (Å²) in [5.74, 6) is -0.751. The number of rotatable bonds is 7. The first-order valence-corrected chi connectivity index (χ1v) is 9.34. The summed E-state index contributed by atoms with van der Waals surface area (Å²) in [7, 11) is -3.59. The summed E-state index contributed by atoms with van der Waals surface area (Å²) in [5, 5.41) is 0. The van der Waals surface area contributed by atoms with Gasteiger partial charge in [-0.15, -0.1) is 0 Å². The zero-order chi connectivity index (χ0) is 18.6. The van der Waals surface area contributed by atoms with E-state index < -0.39 is 15.8 Å². The molecule has 0 spiro atoms. The Morgan fingerprint density at radius 3 is 2.52 bits per heavy atom. The zero-order valence-corrected chi connectivity index (χ0v) is 14.9. The van der Waals surface area contributed by atoms with E-state index >= 15 is 0 Å². The number of carbonyl (C=O) groups is 1. The maximum Gasteiger partial charge on any atom is 0.235 e. The molecular weight excluding hydrogens is 345 g/mol. The third-order valence-corrected chi connectivity index (χ3v) is 5.51. The molecule has 1 aromatic carbocycles. The van der Waals surface area contributed by atoms with Gasteiger partial charge >= 0.3 is 0 Å². The summed E-state index contributed by atoms with van der Waals surface area (Å²) in [6, 6.07) is 7.28. The van der Waals surface area contributed by atoms with Crippen LogP contribution in [0.25, 0.3) is 0 Å². The molecular formula is C17H20FN3O3S. The Hall–Kier alpha value is -2.32. The fraction of sp³-hybridized carbons (Fsp3) is 0.294. The number of ketones is 1. The molecule has 2 rings (SSSR count). The monoisotopic (exact) mass is 365 g/mol. The van der Waals surface area contributed by atoms with Crippen molar-refractivity contribution in [3.05, 3.63) is 59.2 Å². The van der Waals surface area contributed by atoms with Gasteiger partial charge in [0.25, 0.3) is 0 Å². The van der Waals surface area contributed by atoms with E-state index in [-0.39, 0.29) is 24.6 Å². The summed E-state index contributed by atoms with van der Waals surface area (Å²) < 4.78 is 39.6. The van der Waals surface area contributed by atoms with Gasteiger partial charge in [-0.1, -0.05) is 0 Å². The van der Waals surface area contributed by atoms with Crippen LogP contribution in [0.15, 0.2) is 36.5 Å². The van der Waals surface area contributed by atoms with E-state index in [1.807, 2.05) is 0 Å². The molecule has 0 unspecified atom stereocenters. The van der Waals surface area contributed by atoms with Gasteiger partial charge in [0.15, 0.2) is 5.78 Å². The normalized spacial score (nSPS) is 11.4. The van der Waals surface area contributed by atoms with Crippen LogP contribution in [0.2, 0.25) is 0 Å². The van der Waals surface area contributed by atoms with Gasteiger partial charge in [-0.3, -0.25) is 14.1 Å². The van der Waals surface area contributed by atoms with Crippen LogP contribution in [0.4, 0.5) is 10.1 Å². The van der Waals surface area contributed by atoms with Crippen molar-refractivity contribution >= 4 is 21.5 Å². The van der Waals surface area contributed by atoms with Crippen LogP contribution in [0.1, 0.15) is 28.5 Å². The maximum atomic E-state index is 13.5. The minimum atomic E-state index is -3.59. The summed E-state index contributed by atoms with van der Waals surface area (Å²) >= 11 is 0. The first kappa shape index (κ1) is 19.0. The number of carbonyl (C=O) groups excluding carboxylic acids is 1. The van der Waals surface area contributed by atoms with Crippen molar-refractivity contribution in [2.75, 3.05) is 16.6 Å². The quantitative estimate of drug-likeness (QED) is 0.758. The van der Waals surface area contributed by atoms with Crippen molar-refractivity contribution in [3.63, 3.8) is 0 Å². The molecule has 134 valence electrons. The molecule has 0 aliphatic heterocycles. The van der Waals surface area contributed by atoms with Gasteiger partial charge in [0.1, 0.15) is 5.82 Å². The average Bonchev–Trinajstić information content (AvgIpc) is 2.61. The molecule has 0 atom stereocenters. The number of aromatic nitrogens is 1. The number of Topliss-reactive ketones (excluding diaryl/α,β-unsaturated/α-hetero) is 1. The second-order valence-electron chi connectivity index (χ2n) is 5.51. The molecule has 6 nitrogen and oxygen atoms in total. The highest BCUT2D eigenvalue weighted by atomic mass is 32.2. The van der Waals surface area contributed by atoms with E-state index in [1.165, 1.54) is 35.6 Å². The lowest BCUT2D eigenvalue weighted by Gasteiger charge is -2.24. The van der Waals surface area contributed by atoms with E-state index in [1.54, 1.807) is 19.1 Å². The summed E-state index contributed by atoms with van der Waals surface area (Å²) in [5.41, 5.74) is 6.86. The molecule has 0 amide bonds. The predicted octanol–water partition coefficient (Wildman–Crippen LogP) is 2.03. The standard InChI is InChI=1S/C17H20FN3O3S/c1-3-25(23,24)21(15-6-7-16(18)12(2)8-15)11-14-5-4-13(10-20-14)17(22)9-19/h4-8,10H,3,9,11,19H2,1-2H3. The Morgan fingerprint density at radius 1 is 1.28 bits per heavy atom. The molecule has 8 heteroatoms. The molecule has 0 saturated heterocycles. The molecule has 1 heterocycles. The van der Waals surface area contributed by atoms with Crippen molar-refractivity contribution < 1.29 is 17.6 Å². The number of pyridine rings is 1. The molecule has 0 aliphatic rings. The topological polar surface area (TPSA) is 93.4 Å². The number of nitrogens with zero attached hydrogens (tertiary/aromatic N) is 2. The minimum Gasteiger partial charge on any atom is -0.324 e. The van der Waals surface area contributed by atoms with E-state index in [2.05, 4.69) is 4.98 Å². The van der Waals surface area contributed by atoms with Crippen molar-refractivity contribution in [2.45, 2.75) is 20.4 Å². The van der Waals surface area contributed by atoms with E-state index in [0.717, 1.165) is 0 Å². The van der Waals surface area contributed by atoms with Gasteiger partial charge in [0.2, 0.25) is 10.0 Å². The Bertz CT molecular complexity index is 867. The number of halogens is 1. The number of aryl methyl sites for hydroxylation is 1. The van der Waals surface area contributed by atoms with Crippen molar-refractivity contribution in [2.24, 2.45) is 5.73 Å². The zero-order valence-electron chi connectivity index (χ0n) is 14.1. The fourth-order valence-corrected chi connectivity index (χ4v) is 3.31. The van der Waals surface area contributed by atoms with Crippen LogP contribution in [0, 0.1) is 12.7 Å². The number of benzene rings is 1. The van der Waals surface area contributed by atoms with Crippen LogP contribution >= 0.6 is 0 Å². The third kappa shape index (κ3) is 4.40. The molecule has 2 N–H and O–H groups in total. The highest BCUT2D eigenvalue weighted by Crippen LogP contribution is 2.23. The first-order chi connectivity index (χ1) is 11.8. The molecule has 0 saturated carbocycles. The second-order valence-corrected chi connectivity index (χ2v) is 7.69. The Balaban J connectivity index is 2.37. The van der Waals surface area contributed by atoms with Crippen molar-refractivity contribution in [1.82, 2.24) is 4.98 Å². The van der Waals surface area contributed by atoms with Crippen LogP contribution in [-0.4, -0.2) is 31.5 Å². The van der Waals surface area contributed by atoms with E-state index in [4.69, 9.17) is 5.73 Å². The molecule has 0 radical (unpaired) electrons. The van der Waals surface area contributed by atoms with Gasteiger partial charge in [-0.25, -0.2) is 12.8 Å². The summed E-state index contributed by atoms with van der Waals surface area (Å²) in [6.45, 7) is 2.97. The molecule has 2 aromatic rings. The smallest absolute Gasteiger partial charge is 0.235 e. The molecule has 25 heavy (non-hydrogen) atoms. The minimum absolute atomic E-state index is 0.0155. The fourth-order valence-electron chi connectivity index (χ4n) is 2.24. The largest absolute Gasteiger partial charge is 0.324 e. The van der Waals surface area contributed by atoms with Crippen molar-refractivity contribution in [3.8, 4) is 0 Å². The number of hydrogen-bond donors (Lipinski definition) is 1. The van der Waals surface area contributed by atoms with Crippen LogP contribution in [-0.2, 0) is 16.6 Å². The van der Waals surface area contributed by atoms with E-state index in [0.29, 0.717) is 22.5 Å². The number of nitrogens with two attached hydrogens (primary N) is 1. The summed E-state index contributed by atoms with van der Waals surface area (Å²) in [4.78, 5) is 15.7. The maximum absolute atomic E-state index is 13.5. The third-order valence-electron chi connectivity index (χ3n) is 3.77. The lowest BCUT2D eigenvalue weighted by Crippen LogP contribution is -2.32. The Kier molecular flexibility index (Phi) is 5.86. The lowest BCUT2D eigenvalue weighted by molar-refractivity contribution is 0.100. The highest BCUT2D eigenvalue weighted by molar-refractivity contribution is 7.92. The number of sulfonamides is 1. The molecule has 0 aliphatic carbocycles. The Labute approximate surface area is 146 Å². The second kappa shape index (κ2) is 7.71. The van der Waals surface area contributed by atoms with Gasteiger partial charge in [-0.2, -0.15) is 0 Å². The highest BCUT2D eigenvalue weighted by Gasteiger charge is 2.22. The SMILES string of the molecule is CCS(=O)(=O)N(Cc1ccc(C(=O)CN)cn1)c1ccc(F)c(C)c1. The number of anilines is 1. The summed E-state index contributed by atoms with van der Waals surface area (Å²) in [6.07, 6.45) is 1.37. The van der Waals surface area contributed by atoms with E-state index in [9.17, 15) is 17.6 Å². The van der Waals surface area contributed by atoms with Crippen LogP contribution in [0.3, 0.4) is 0 Å². The first-order valence-electron chi connectivity index (χ1n) is 7.73. The molecule has 0 fully saturated rings. The Morgan fingerprint density at radius 2 is 2.00 bits per heavy atom. The predicted molar refractivity (Wildman–Crippen MR) is 94.4 cm³/mol. The molecule has 1 aromatic heterocycles. The van der Waals surface area contributed by atoms with Crippen molar-refractivity contribution in [1.29, 1.82) is 0 Å². The average molecular weight is 365 g/mol. The van der Waals surface area contributed by atoms with Crippen LogP contribution in [0.5, 0.6) is 0 Å². The number of hydrogen-bond acceptors (Lipinski definition) is 5. The van der Waals surface area contributed by atoms with Crippen LogP contribution < -0.4 is 10.0 Å². The van der Waals surface area contributed by atoms with Gasteiger partial charge < -0.3 is 5.73 Å². The molecule has 0 bridgehead atoms. The lowest BCUT2D eigenvalue weighted by atomic mass is 10.1. The van der Waals surface area contributed by atoms with Gasteiger partial charge in [-0.05, 0) is 49.7 Å². The van der Waals surface area contributed by atoms with Gasteiger partial charge in [0, 0.05) is 11.8 Å².